The number of para-hydroxylation sites is 1. The van der Waals surface area contributed by atoms with Crippen molar-refractivity contribution in [3.63, 3.8) is 0 Å². The van der Waals surface area contributed by atoms with Crippen LogP contribution < -0.4 is 4.74 Å². The minimum Gasteiger partial charge on any atom is -0.496 e. The topological polar surface area (TPSA) is 76.1 Å². The molecule has 1 atom stereocenters. The second-order valence-electron chi connectivity index (χ2n) is 6.95. The van der Waals surface area contributed by atoms with Crippen molar-refractivity contribution < 1.29 is 24.2 Å². The highest BCUT2D eigenvalue weighted by Gasteiger charge is 2.52. The zero-order valence-corrected chi connectivity index (χ0v) is 14.6. The summed E-state index contributed by atoms with van der Waals surface area (Å²) >= 11 is 0. The summed E-state index contributed by atoms with van der Waals surface area (Å²) < 4.78 is 10.8. The van der Waals surface area contributed by atoms with Crippen molar-refractivity contribution in [3.05, 3.63) is 29.8 Å². The van der Waals surface area contributed by atoms with E-state index in [1.165, 1.54) is 4.90 Å². The van der Waals surface area contributed by atoms with Crippen LogP contribution in [0.4, 0.5) is 0 Å². The summed E-state index contributed by atoms with van der Waals surface area (Å²) in [5, 5.41) is 10.2. The average Bonchev–Trinajstić information content (AvgIpc) is 3.16. The van der Waals surface area contributed by atoms with Gasteiger partial charge in [0.1, 0.15) is 5.75 Å². The van der Waals surface area contributed by atoms with E-state index in [0.717, 1.165) is 37.0 Å². The fourth-order valence-electron chi connectivity index (χ4n) is 3.88. The van der Waals surface area contributed by atoms with E-state index in [2.05, 4.69) is 0 Å². The quantitative estimate of drug-likeness (QED) is 0.762. The normalized spacial score (nSPS) is 20.5. The maximum absolute atomic E-state index is 12.6. The van der Waals surface area contributed by atoms with Gasteiger partial charge >= 0.3 is 0 Å². The van der Waals surface area contributed by atoms with Gasteiger partial charge in [-0.1, -0.05) is 31.0 Å². The fraction of sp³-hybridized carbons (Fsp3) is 0.579. The molecule has 1 spiro atoms. The van der Waals surface area contributed by atoms with Crippen LogP contribution in [-0.2, 0) is 20.9 Å². The van der Waals surface area contributed by atoms with Gasteiger partial charge in [-0.2, -0.15) is 0 Å². The number of imide groups is 1. The lowest BCUT2D eigenvalue weighted by Crippen LogP contribution is -2.40. The molecule has 6 nitrogen and oxygen atoms in total. The Morgan fingerprint density at radius 1 is 1.24 bits per heavy atom. The summed E-state index contributed by atoms with van der Waals surface area (Å²) in [5.41, 5.74) is 0.394. The lowest BCUT2D eigenvalue weighted by atomic mass is 9.84. The third kappa shape index (κ3) is 3.70. The Morgan fingerprint density at radius 3 is 2.68 bits per heavy atom. The maximum Gasteiger partial charge on any atom is 0.235 e. The fourth-order valence-corrected chi connectivity index (χ4v) is 3.88. The van der Waals surface area contributed by atoms with Gasteiger partial charge in [-0.25, -0.2) is 0 Å². The number of amides is 2. The number of nitrogens with zero attached hydrogens (tertiary/aromatic N) is 1. The van der Waals surface area contributed by atoms with Gasteiger partial charge in [-0.05, 0) is 18.9 Å². The third-order valence-corrected chi connectivity index (χ3v) is 5.20. The van der Waals surface area contributed by atoms with Crippen LogP contribution in [-0.4, -0.2) is 48.2 Å². The van der Waals surface area contributed by atoms with Gasteiger partial charge in [-0.15, -0.1) is 0 Å². The summed E-state index contributed by atoms with van der Waals surface area (Å²) in [6, 6.07) is 7.50. The largest absolute Gasteiger partial charge is 0.496 e. The molecule has 0 unspecified atom stereocenters. The van der Waals surface area contributed by atoms with Crippen LogP contribution in [0.2, 0.25) is 0 Å². The zero-order valence-electron chi connectivity index (χ0n) is 14.6. The number of hydrogen-bond acceptors (Lipinski definition) is 5. The molecule has 1 aliphatic carbocycles. The Labute approximate surface area is 147 Å². The van der Waals surface area contributed by atoms with Gasteiger partial charge in [0.2, 0.25) is 11.8 Å². The molecule has 1 N–H and O–H groups in total. The number of methoxy groups -OCH3 is 1. The van der Waals surface area contributed by atoms with Gasteiger partial charge < -0.3 is 14.6 Å². The van der Waals surface area contributed by atoms with E-state index >= 15 is 0 Å². The zero-order chi connectivity index (χ0) is 17.9. The molecule has 0 aromatic heterocycles. The van der Waals surface area contributed by atoms with Crippen LogP contribution in [0.3, 0.4) is 0 Å². The maximum atomic E-state index is 12.6. The number of rotatable bonds is 7. The predicted molar refractivity (Wildman–Crippen MR) is 90.9 cm³/mol. The first-order valence-electron chi connectivity index (χ1n) is 8.78. The molecule has 1 aromatic rings. The van der Waals surface area contributed by atoms with E-state index < -0.39 is 11.5 Å². The molecule has 1 aliphatic heterocycles. The van der Waals surface area contributed by atoms with E-state index in [0.29, 0.717) is 13.0 Å². The number of carbonyl (C=O) groups excluding carboxylic acids is 2. The molecule has 1 heterocycles. The highest BCUT2D eigenvalue weighted by molar-refractivity contribution is 6.06. The first-order chi connectivity index (χ1) is 12.1. The molecule has 0 bridgehead atoms. The molecule has 1 saturated heterocycles. The van der Waals surface area contributed by atoms with Crippen molar-refractivity contribution in [2.24, 2.45) is 5.41 Å². The first-order valence-corrected chi connectivity index (χ1v) is 8.78. The van der Waals surface area contributed by atoms with Crippen molar-refractivity contribution in [2.45, 2.75) is 44.8 Å². The van der Waals surface area contributed by atoms with E-state index in [9.17, 15) is 14.7 Å². The van der Waals surface area contributed by atoms with Crippen LogP contribution >= 0.6 is 0 Å². The number of ether oxygens (including phenoxy) is 2. The number of β-amino-alcohol motifs (C(OH)–C–C–N with tert-alkyl or cyclic N) is 1. The first kappa shape index (κ1) is 17.9. The lowest BCUT2D eigenvalue weighted by Gasteiger charge is -2.22. The Morgan fingerprint density at radius 2 is 1.96 bits per heavy atom. The third-order valence-electron chi connectivity index (χ3n) is 5.20. The average molecular weight is 347 g/mol. The Kier molecular flexibility index (Phi) is 5.39. The predicted octanol–water partition coefficient (Wildman–Crippen LogP) is 1.89. The lowest BCUT2D eigenvalue weighted by molar-refractivity contribution is -0.143. The highest BCUT2D eigenvalue weighted by atomic mass is 16.5. The molecule has 3 rings (SSSR count). The second kappa shape index (κ2) is 7.54. The Balaban J connectivity index is 1.50. The molecule has 136 valence electrons. The number of hydrogen-bond donors (Lipinski definition) is 1. The Bertz CT molecular complexity index is 638. The van der Waals surface area contributed by atoms with Crippen molar-refractivity contribution in [3.8, 4) is 5.75 Å². The molecule has 6 heteroatoms. The monoisotopic (exact) mass is 347 g/mol. The van der Waals surface area contributed by atoms with Crippen molar-refractivity contribution >= 4 is 11.8 Å². The van der Waals surface area contributed by atoms with Crippen LogP contribution in [0.25, 0.3) is 0 Å². The summed E-state index contributed by atoms with van der Waals surface area (Å²) in [6.45, 7) is 0.361. The number of carbonyl (C=O) groups is 2. The summed E-state index contributed by atoms with van der Waals surface area (Å²) in [4.78, 5) is 26.0. The summed E-state index contributed by atoms with van der Waals surface area (Å²) in [6.07, 6.45) is 2.97. The van der Waals surface area contributed by atoms with Crippen molar-refractivity contribution in [1.82, 2.24) is 4.90 Å². The van der Waals surface area contributed by atoms with Gasteiger partial charge in [0.15, 0.2) is 0 Å². The standard InChI is InChI=1S/C19H25NO5/c1-24-16-7-3-2-6-14(16)12-25-13-15(21)11-20-17(22)10-19(18(20)23)8-4-5-9-19/h2-3,6-7,15,21H,4-5,8-13H2,1H3/t15-/m1/s1. The van der Waals surface area contributed by atoms with E-state index in [4.69, 9.17) is 9.47 Å². The number of likely N-dealkylation sites (tertiary alicyclic amines) is 1. The van der Waals surface area contributed by atoms with E-state index in [1.54, 1.807) is 7.11 Å². The SMILES string of the molecule is COc1ccccc1COC[C@H](O)CN1C(=O)CC2(CCCC2)C1=O. The molecular weight excluding hydrogens is 322 g/mol. The van der Waals surface area contributed by atoms with Crippen LogP contribution in [0.15, 0.2) is 24.3 Å². The van der Waals surface area contributed by atoms with Gasteiger partial charge in [-0.3, -0.25) is 14.5 Å². The van der Waals surface area contributed by atoms with Gasteiger partial charge in [0.25, 0.3) is 0 Å². The van der Waals surface area contributed by atoms with Crippen LogP contribution in [0.5, 0.6) is 5.75 Å². The molecular formula is C19H25NO5. The minimum atomic E-state index is -0.890. The van der Waals surface area contributed by atoms with Gasteiger partial charge in [0, 0.05) is 12.0 Å². The van der Waals surface area contributed by atoms with Crippen LogP contribution in [0.1, 0.15) is 37.7 Å². The van der Waals surface area contributed by atoms with Crippen molar-refractivity contribution in [2.75, 3.05) is 20.3 Å². The number of aliphatic hydroxyl groups excluding tert-OH is 1. The molecule has 25 heavy (non-hydrogen) atoms. The molecule has 2 fully saturated rings. The van der Waals surface area contributed by atoms with Gasteiger partial charge in [0.05, 0.1) is 38.4 Å². The van der Waals surface area contributed by atoms with Crippen molar-refractivity contribution in [1.29, 1.82) is 0 Å². The molecule has 1 saturated carbocycles. The highest BCUT2D eigenvalue weighted by Crippen LogP contribution is 2.46. The Hall–Kier alpha value is -1.92. The summed E-state index contributed by atoms with van der Waals surface area (Å²) in [7, 11) is 1.59. The molecule has 2 amide bonds. The number of benzene rings is 1. The smallest absolute Gasteiger partial charge is 0.235 e. The summed E-state index contributed by atoms with van der Waals surface area (Å²) in [5.74, 6) is 0.444. The molecule has 0 radical (unpaired) electrons. The van der Waals surface area contributed by atoms with E-state index in [-0.39, 0.29) is 25.0 Å². The molecule has 2 aliphatic rings. The molecule has 1 aromatic carbocycles. The van der Waals surface area contributed by atoms with Crippen LogP contribution in [0, 0.1) is 5.41 Å². The van der Waals surface area contributed by atoms with E-state index in [1.807, 2.05) is 24.3 Å². The number of aliphatic hydroxyl groups is 1. The second-order valence-corrected chi connectivity index (χ2v) is 6.95. The minimum absolute atomic E-state index is 0.00530.